The summed E-state index contributed by atoms with van der Waals surface area (Å²) in [4.78, 5) is 6.44. The quantitative estimate of drug-likeness (QED) is 0.118. The van der Waals surface area contributed by atoms with E-state index in [-0.39, 0.29) is 24.1 Å². The molecule has 6 aromatic carbocycles. The van der Waals surface area contributed by atoms with E-state index in [4.69, 9.17) is 4.99 Å². The van der Waals surface area contributed by atoms with Crippen LogP contribution in [0, 0.1) is 0 Å². The lowest BCUT2D eigenvalue weighted by atomic mass is 9.92. The zero-order valence-corrected chi connectivity index (χ0v) is 33.6. The van der Waals surface area contributed by atoms with Crippen molar-refractivity contribution in [2.45, 2.75) is 62.0 Å². The zero-order chi connectivity index (χ0) is 46.3. The number of alkyl halides is 12. The molecule has 2 heterocycles. The van der Waals surface area contributed by atoms with Crippen LogP contribution in [0.4, 0.5) is 52.7 Å². The first-order valence-corrected chi connectivity index (χ1v) is 20.0. The number of hydrogen-bond acceptors (Lipinski definition) is 4. The van der Waals surface area contributed by atoms with E-state index in [1.54, 1.807) is 78.9 Å². The van der Waals surface area contributed by atoms with Crippen LogP contribution in [0.25, 0.3) is 0 Å². The van der Waals surface area contributed by atoms with Crippen molar-refractivity contribution in [2.24, 2.45) is 4.99 Å². The third-order valence-corrected chi connectivity index (χ3v) is 11.2. The highest BCUT2D eigenvalue weighted by atomic mass is 19.4. The second-order valence-corrected chi connectivity index (χ2v) is 15.6. The van der Waals surface area contributed by atoms with Gasteiger partial charge in [-0.3, -0.25) is 0 Å². The van der Waals surface area contributed by atoms with Crippen LogP contribution < -0.4 is 10.6 Å². The van der Waals surface area contributed by atoms with Crippen molar-refractivity contribution >= 4 is 11.9 Å². The van der Waals surface area contributed by atoms with Gasteiger partial charge in [0.15, 0.2) is 0 Å². The summed E-state index contributed by atoms with van der Waals surface area (Å²) in [5.41, 5.74) is -4.72. The SMILES string of the molecule is FC(F)(F)c1cc(CN2C(NC3=N[C@@H](c4ccccc4)[C@H](c4ccccc4)N3)=[N+](Cc3cc(C(F)(F)F)cc(C(F)(F)F)c3)[C@@H](c3ccccc3)[C@@H]2c2ccccc2)cc(C(F)(F)F)c1. The minimum atomic E-state index is -5.20. The van der Waals surface area contributed by atoms with E-state index in [1.165, 1.54) is 9.48 Å². The number of benzene rings is 6. The predicted octanol–water partition coefficient (Wildman–Crippen LogP) is 12.7. The highest BCUT2D eigenvalue weighted by Crippen LogP contribution is 2.46. The minimum absolute atomic E-state index is 0.000605. The lowest BCUT2D eigenvalue weighted by Gasteiger charge is -2.27. The van der Waals surface area contributed by atoms with Gasteiger partial charge in [0.05, 0.1) is 41.4 Å². The van der Waals surface area contributed by atoms with Crippen molar-refractivity contribution < 1.29 is 57.3 Å². The maximum Gasteiger partial charge on any atom is 0.416 e. The molecule has 2 aliphatic rings. The summed E-state index contributed by atoms with van der Waals surface area (Å²) in [7, 11) is 0. The highest BCUT2D eigenvalue weighted by Gasteiger charge is 2.50. The van der Waals surface area contributed by atoms with Crippen molar-refractivity contribution in [3.8, 4) is 0 Å². The molecule has 5 nitrogen and oxygen atoms in total. The molecule has 0 aliphatic carbocycles. The maximum absolute atomic E-state index is 14.3. The van der Waals surface area contributed by atoms with Crippen LogP contribution in [-0.2, 0) is 37.8 Å². The predicted molar refractivity (Wildman–Crippen MR) is 218 cm³/mol. The Labute approximate surface area is 364 Å². The van der Waals surface area contributed by atoms with Gasteiger partial charge in [-0.25, -0.2) is 19.8 Å². The molecule has 0 aromatic heterocycles. The first-order chi connectivity index (χ1) is 30.7. The Kier molecular flexibility index (Phi) is 11.9. The van der Waals surface area contributed by atoms with Crippen LogP contribution in [0.3, 0.4) is 0 Å². The molecule has 0 bridgehead atoms. The fraction of sp³-hybridized carbons (Fsp3) is 0.208. The van der Waals surface area contributed by atoms with Gasteiger partial charge < -0.3 is 5.32 Å². The molecule has 2 N–H and O–H groups in total. The Morgan fingerprint density at radius 2 is 0.892 bits per heavy atom. The molecule has 2 aliphatic heterocycles. The molecule has 65 heavy (non-hydrogen) atoms. The summed E-state index contributed by atoms with van der Waals surface area (Å²) in [6, 6.07) is 33.9. The normalized spacial score (nSPS) is 19.3. The molecule has 4 atom stereocenters. The average Bonchev–Trinajstić information content (AvgIpc) is 3.82. The Hall–Kier alpha value is -6.78. The van der Waals surface area contributed by atoms with Gasteiger partial charge >= 0.3 is 30.7 Å². The Balaban J connectivity index is 1.38. The third kappa shape index (κ3) is 9.83. The lowest BCUT2D eigenvalue weighted by Crippen LogP contribution is -2.48. The van der Waals surface area contributed by atoms with Crippen LogP contribution >= 0.6 is 0 Å². The molecule has 0 spiro atoms. The summed E-state index contributed by atoms with van der Waals surface area (Å²) >= 11 is 0. The number of nitrogens with zero attached hydrogens (tertiary/aromatic N) is 3. The van der Waals surface area contributed by atoms with Gasteiger partial charge in [0.1, 0.15) is 18.1 Å². The van der Waals surface area contributed by atoms with E-state index in [9.17, 15) is 52.7 Å². The summed E-state index contributed by atoms with van der Waals surface area (Å²) in [5.74, 6) is -0.0327. The Bertz CT molecular complexity index is 2620. The summed E-state index contributed by atoms with van der Waals surface area (Å²) in [5, 5.41) is 6.56. The average molecular weight is 911 g/mol. The second-order valence-electron chi connectivity index (χ2n) is 15.6. The number of aliphatic imine (C=N–C) groups is 1. The second kappa shape index (κ2) is 17.3. The molecule has 0 saturated heterocycles. The standard InChI is InChI=1S/C48H35F12N5/c49-45(50,51)35-21-29(22-36(25-35)46(52,53)54)27-64-41(33-17-9-3-10-18-33)42(34-19-11-4-12-20-34)65(28-30-23-37(47(55,56)57)26-38(24-30)48(58,59)60)44(64)63-43-61-39(31-13-5-1-6-14-31)40(62-43)32-15-7-2-8-16-32/h1-26,39-42H,27-28H2,(H,61,62)/p+1/t39-,40-,41-,42-/m0/s1. The van der Waals surface area contributed by atoms with Crippen molar-refractivity contribution in [1.82, 2.24) is 15.5 Å². The van der Waals surface area contributed by atoms with Gasteiger partial charge in [0, 0.05) is 0 Å². The van der Waals surface area contributed by atoms with Crippen LogP contribution in [0.1, 0.15) is 79.8 Å². The maximum atomic E-state index is 14.3. The molecule has 336 valence electrons. The Morgan fingerprint density at radius 3 is 1.34 bits per heavy atom. The number of guanidine groups is 2. The third-order valence-electron chi connectivity index (χ3n) is 11.2. The van der Waals surface area contributed by atoms with Gasteiger partial charge in [-0.1, -0.05) is 121 Å². The summed E-state index contributed by atoms with van der Waals surface area (Å²) in [6.45, 7) is -1.33. The zero-order valence-electron chi connectivity index (χ0n) is 33.6. The number of rotatable bonds is 8. The van der Waals surface area contributed by atoms with Gasteiger partial charge in [0.2, 0.25) is 0 Å². The molecule has 0 radical (unpaired) electrons. The molecule has 0 fully saturated rings. The van der Waals surface area contributed by atoms with Crippen molar-refractivity contribution in [1.29, 1.82) is 0 Å². The van der Waals surface area contributed by atoms with Crippen LogP contribution in [-0.4, -0.2) is 21.4 Å². The smallest absolute Gasteiger partial charge is 0.334 e. The van der Waals surface area contributed by atoms with Crippen molar-refractivity contribution in [3.05, 3.63) is 213 Å². The van der Waals surface area contributed by atoms with E-state index < -0.39 is 95.3 Å². The Morgan fingerprint density at radius 1 is 0.492 bits per heavy atom. The fourth-order valence-electron chi connectivity index (χ4n) is 8.39. The van der Waals surface area contributed by atoms with Crippen molar-refractivity contribution in [3.63, 3.8) is 0 Å². The van der Waals surface area contributed by atoms with E-state index in [2.05, 4.69) is 10.6 Å². The topological polar surface area (TPSA) is 42.7 Å². The van der Waals surface area contributed by atoms with E-state index >= 15 is 0 Å². The summed E-state index contributed by atoms with van der Waals surface area (Å²) < 4.78 is 173. The molecule has 17 heteroatoms. The van der Waals surface area contributed by atoms with Gasteiger partial charge in [0.25, 0.3) is 5.96 Å². The minimum Gasteiger partial charge on any atom is -0.334 e. The van der Waals surface area contributed by atoms with Crippen molar-refractivity contribution in [2.75, 3.05) is 0 Å². The number of halogens is 12. The largest absolute Gasteiger partial charge is 0.416 e. The molecule has 0 unspecified atom stereocenters. The molecule has 0 amide bonds. The first kappa shape index (κ1) is 44.8. The number of hydrogen-bond donors (Lipinski definition) is 2. The molecular weight excluding hydrogens is 875 g/mol. The van der Waals surface area contributed by atoms with Crippen LogP contribution in [0.5, 0.6) is 0 Å². The van der Waals surface area contributed by atoms with Gasteiger partial charge in [-0.15, -0.1) is 0 Å². The first-order valence-electron chi connectivity index (χ1n) is 20.0. The van der Waals surface area contributed by atoms with Gasteiger partial charge in [-0.05, 0) is 69.8 Å². The molecule has 6 aromatic rings. The molecule has 8 rings (SSSR count). The summed E-state index contributed by atoms with van der Waals surface area (Å²) in [6.07, 6.45) is -20.8. The van der Waals surface area contributed by atoms with E-state index in [0.29, 0.717) is 35.4 Å². The van der Waals surface area contributed by atoms with Crippen LogP contribution in [0.15, 0.2) is 163 Å². The van der Waals surface area contributed by atoms with Gasteiger partial charge in [-0.2, -0.15) is 52.7 Å². The highest BCUT2D eigenvalue weighted by molar-refractivity contribution is 5.98. The number of nitrogens with one attached hydrogen (secondary N) is 2. The van der Waals surface area contributed by atoms with E-state index in [0.717, 1.165) is 11.1 Å². The molecule has 0 saturated carbocycles. The fourth-order valence-corrected chi connectivity index (χ4v) is 8.39. The van der Waals surface area contributed by atoms with E-state index in [1.807, 2.05) is 42.5 Å². The lowest BCUT2D eigenvalue weighted by molar-refractivity contribution is -0.583. The monoisotopic (exact) mass is 910 g/mol. The molecular formula is C48H36F12N5+. The van der Waals surface area contributed by atoms with Crippen LogP contribution in [0.2, 0.25) is 0 Å².